The van der Waals surface area contributed by atoms with Gasteiger partial charge in [0.1, 0.15) is 5.54 Å². The van der Waals surface area contributed by atoms with Gasteiger partial charge in [-0.05, 0) is 45.0 Å². The van der Waals surface area contributed by atoms with Gasteiger partial charge in [0.25, 0.3) is 0 Å². The molecule has 0 saturated heterocycles. The fourth-order valence-electron chi connectivity index (χ4n) is 1.93. The van der Waals surface area contributed by atoms with Crippen molar-refractivity contribution in [3.05, 3.63) is 24.3 Å². The number of likely N-dealkylation sites (N-methyl/N-ethyl adjacent to an activating group) is 1. The molecule has 0 aromatic heterocycles. The Balaban J connectivity index is 3.21. The summed E-state index contributed by atoms with van der Waals surface area (Å²) < 4.78 is 47.5. The Kier molecular flexibility index (Phi) is 4.93. The number of carbonyl (C=O) groups is 1. The van der Waals surface area contributed by atoms with Gasteiger partial charge in [0.05, 0.1) is 4.90 Å². The molecule has 0 fully saturated rings. The Morgan fingerprint density at radius 2 is 1.76 bits per heavy atom. The van der Waals surface area contributed by atoms with Gasteiger partial charge in [-0.3, -0.25) is 0 Å². The molecule has 1 rings (SSSR count). The van der Waals surface area contributed by atoms with Crippen molar-refractivity contribution < 1.29 is 27.1 Å². The van der Waals surface area contributed by atoms with E-state index in [0.29, 0.717) is 12.2 Å². The SMILES string of the molecule is CCN(c1ccc(S(=O)(=O)C(F)F)cc1)C(C)(C)C(=O)O. The van der Waals surface area contributed by atoms with Crippen LogP contribution >= 0.6 is 0 Å². The number of hydrogen-bond donors (Lipinski definition) is 1. The lowest BCUT2D eigenvalue weighted by Crippen LogP contribution is -2.50. The molecule has 0 amide bonds. The molecule has 0 atom stereocenters. The van der Waals surface area contributed by atoms with Crippen molar-refractivity contribution in [1.29, 1.82) is 0 Å². The Hall–Kier alpha value is -1.70. The highest BCUT2D eigenvalue weighted by Gasteiger charge is 2.34. The van der Waals surface area contributed by atoms with Gasteiger partial charge in [0.2, 0.25) is 9.84 Å². The van der Waals surface area contributed by atoms with Crippen LogP contribution < -0.4 is 4.90 Å². The molecule has 1 aromatic carbocycles. The molecule has 21 heavy (non-hydrogen) atoms. The molecule has 0 aliphatic carbocycles. The normalized spacial score (nSPS) is 12.5. The predicted octanol–water partition coefficient (Wildman–Crippen LogP) is 2.37. The van der Waals surface area contributed by atoms with Crippen molar-refractivity contribution in [2.75, 3.05) is 11.4 Å². The molecule has 0 aliphatic heterocycles. The first-order valence-electron chi connectivity index (χ1n) is 6.18. The van der Waals surface area contributed by atoms with Crippen LogP contribution in [0.3, 0.4) is 0 Å². The van der Waals surface area contributed by atoms with Gasteiger partial charge in [-0.15, -0.1) is 0 Å². The van der Waals surface area contributed by atoms with E-state index in [-0.39, 0.29) is 0 Å². The third-order valence-electron chi connectivity index (χ3n) is 3.23. The Labute approximate surface area is 122 Å². The van der Waals surface area contributed by atoms with Crippen LogP contribution in [0.25, 0.3) is 0 Å². The second-order valence-corrected chi connectivity index (χ2v) is 6.83. The summed E-state index contributed by atoms with van der Waals surface area (Å²) in [6.07, 6.45) is 0. The maximum atomic E-state index is 12.4. The van der Waals surface area contributed by atoms with Gasteiger partial charge in [0, 0.05) is 12.2 Å². The summed E-state index contributed by atoms with van der Waals surface area (Å²) in [6.45, 7) is 5.11. The van der Waals surface area contributed by atoms with E-state index in [2.05, 4.69) is 0 Å². The first-order valence-corrected chi connectivity index (χ1v) is 7.73. The quantitative estimate of drug-likeness (QED) is 0.870. The van der Waals surface area contributed by atoms with Gasteiger partial charge >= 0.3 is 11.7 Å². The maximum absolute atomic E-state index is 12.4. The van der Waals surface area contributed by atoms with E-state index in [1.807, 2.05) is 0 Å². The number of benzene rings is 1. The minimum absolute atomic E-state index is 0.361. The summed E-state index contributed by atoms with van der Waals surface area (Å²) in [5.74, 6) is -4.53. The van der Waals surface area contributed by atoms with Crippen LogP contribution in [0, 0.1) is 0 Å². The van der Waals surface area contributed by atoms with Gasteiger partial charge in [-0.1, -0.05) is 0 Å². The van der Waals surface area contributed by atoms with E-state index in [0.717, 1.165) is 12.1 Å². The molecule has 0 unspecified atom stereocenters. The van der Waals surface area contributed by atoms with E-state index in [1.165, 1.54) is 30.9 Å². The highest BCUT2D eigenvalue weighted by Crippen LogP contribution is 2.27. The molecule has 0 radical (unpaired) electrons. The van der Waals surface area contributed by atoms with E-state index in [1.54, 1.807) is 6.92 Å². The lowest BCUT2D eigenvalue weighted by molar-refractivity contribution is -0.142. The highest BCUT2D eigenvalue weighted by molar-refractivity contribution is 7.91. The minimum Gasteiger partial charge on any atom is -0.480 e. The number of halogens is 2. The average Bonchev–Trinajstić information content (AvgIpc) is 2.39. The summed E-state index contributed by atoms with van der Waals surface area (Å²) in [7, 11) is -4.65. The number of anilines is 1. The average molecular weight is 321 g/mol. The van der Waals surface area contributed by atoms with Crippen LogP contribution in [0.4, 0.5) is 14.5 Å². The second-order valence-electron chi connectivity index (χ2n) is 4.91. The van der Waals surface area contributed by atoms with Gasteiger partial charge < -0.3 is 10.0 Å². The number of aliphatic carboxylic acids is 1. The van der Waals surface area contributed by atoms with Crippen LogP contribution in [0.1, 0.15) is 20.8 Å². The van der Waals surface area contributed by atoms with Crippen molar-refractivity contribution in [3.63, 3.8) is 0 Å². The molecular weight excluding hydrogens is 304 g/mol. The van der Waals surface area contributed by atoms with Gasteiger partial charge in [-0.2, -0.15) is 8.78 Å². The standard InChI is InChI=1S/C13H17F2NO4S/c1-4-16(13(2,3)11(17)18)9-5-7-10(8-6-9)21(19,20)12(14)15/h5-8,12H,4H2,1-3H3,(H,17,18). The Bertz CT molecular complexity index is 612. The molecule has 0 spiro atoms. The molecule has 1 aromatic rings. The number of carboxylic acids is 1. The Morgan fingerprint density at radius 3 is 2.10 bits per heavy atom. The maximum Gasteiger partial charge on any atom is 0.341 e. The van der Waals surface area contributed by atoms with Crippen LogP contribution in [0.15, 0.2) is 29.2 Å². The molecule has 8 heteroatoms. The zero-order valence-corrected chi connectivity index (χ0v) is 12.7. The first kappa shape index (κ1) is 17.4. The van der Waals surface area contributed by atoms with E-state index in [9.17, 15) is 27.1 Å². The fraction of sp³-hybridized carbons (Fsp3) is 0.462. The molecule has 0 heterocycles. The number of sulfone groups is 1. The second kappa shape index (κ2) is 5.97. The van der Waals surface area contributed by atoms with E-state index < -0.39 is 32.0 Å². The number of alkyl halides is 2. The lowest BCUT2D eigenvalue weighted by atomic mass is 10.0. The van der Waals surface area contributed by atoms with E-state index >= 15 is 0 Å². The van der Waals surface area contributed by atoms with Crippen molar-refractivity contribution in [2.45, 2.75) is 37.0 Å². The monoisotopic (exact) mass is 321 g/mol. The predicted molar refractivity (Wildman–Crippen MR) is 74.4 cm³/mol. The molecule has 0 aliphatic rings. The molecule has 118 valence electrons. The highest BCUT2D eigenvalue weighted by atomic mass is 32.2. The molecule has 0 bridgehead atoms. The van der Waals surface area contributed by atoms with Crippen molar-refractivity contribution in [3.8, 4) is 0 Å². The first-order chi connectivity index (χ1) is 9.55. The van der Waals surface area contributed by atoms with Gasteiger partial charge in [-0.25, -0.2) is 13.2 Å². The number of hydrogen-bond acceptors (Lipinski definition) is 4. The largest absolute Gasteiger partial charge is 0.480 e. The van der Waals surface area contributed by atoms with E-state index in [4.69, 9.17) is 0 Å². The zero-order valence-electron chi connectivity index (χ0n) is 11.9. The van der Waals surface area contributed by atoms with Crippen molar-refractivity contribution in [1.82, 2.24) is 0 Å². The van der Waals surface area contributed by atoms with Crippen LogP contribution in [-0.2, 0) is 14.6 Å². The molecule has 0 saturated carbocycles. The van der Waals surface area contributed by atoms with Crippen LogP contribution in [0.5, 0.6) is 0 Å². The van der Waals surface area contributed by atoms with Crippen LogP contribution in [-0.4, -0.2) is 37.3 Å². The number of nitrogens with zero attached hydrogens (tertiary/aromatic N) is 1. The Morgan fingerprint density at radius 1 is 1.29 bits per heavy atom. The molecular formula is C13H17F2NO4S. The third-order valence-corrected chi connectivity index (χ3v) is 4.62. The number of rotatable bonds is 6. The molecule has 1 N–H and O–H groups in total. The number of carboxylic acid groups (broad SMARTS) is 1. The summed E-state index contributed by atoms with van der Waals surface area (Å²) >= 11 is 0. The van der Waals surface area contributed by atoms with Crippen LogP contribution in [0.2, 0.25) is 0 Å². The topological polar surface area (TPSA) is 74.7 Å². The fourth-order valence-corrected chi connectivity index (χ4v) is 2.66. The summed E-state index contributed by atoms with van der Waals surface area (Å²) in [4.78, 5) is 12.3. The van der Waals surface area contributed by atoms with Crippen molar-refractivity contribution >= 4 is 21.5 Å². The lowest BCUT2D eigenvalue weighted by Gasteiger charge is -2.36. The van der Waals surface area contributed by atoms with Gasteiger partial charge in [0.15, 0.2) is 0 Å². The smallest absolute Gasteiger partial charge is 0.341 e. The summed E-state index contributed by atoms with van der Waals surface area (Å²) in [5, 5.41) is 9.22. The summed E-state index contributed by atoms with van der Waals surface area (Å²) in [5.41, 5.74) is -0.768. The van der Waals surface area contributed by atoms with Crippen molar-refractivity contribution in [2.24, 2.45) is 0 Å². The third kappa shape index (κ3) is 3.31. The zero-order chi connectivity index (χ0) is 16.4. The summed E-state index contributed by atoms with van der Waals surface area (Å²) in [6, 6.07) is 4.75. The molecule has 5 nitrogen and oxygen atoms in total. The minimum atomic E-state index is -4.65.